The molecule has 316 valence electrons. The van der Waals surface area contributed by atoms with E-state index in [1.54, 1.807) is 13.0 Å². The van der Waals surface area contributed by atoms with Crippen molar-refractivity contribution in [2.45, 2.75) is 99.3 Å². The smallest absolute Gasteiger partial charge is 0.313 e. The van der Waals surface area contributed by atoms with E-state index in [9.17, 15) is 49.5 Å². The van der Waals surface area contributed by atoms with Gasteiger partial charge in [0.1, 0.15) is 34.9 Å². The van der Waals surface area contributed by atoms with Gasteiger partial charge < -0.3 is 54.5 Å². The van der Waals surface area contributed by atoms with Gasteiger partial charge in [0.15, 0.2) is 11.5 Å². The number of carbonyl (C=O) groups is 5. The van der Waals surface area contributed by atoms with Crippen LogP contribution in [0.15, 0.2) is 52.5 Å². The molecule has 0 aromatic heterocycles. The summed E-state index contributed by atoms with van der Waals surface area (Å²) in [5.74, 6) is -9.54. The van der Waals surface area contributed by atoms with Gasteiger partial charge in [-0.3, -0.25) is 24.0 Å². The number of aromatic hydroxyl groups is 1. The fraction of sp³-hybridized carbons (Fsp3) is 0.500. The Labute approximate surface area is 336 Å². The number of Topliss-reactive ketones (excluding diaryl/α,β-unsaturated/α-hetero) is 1. The number of fused-ring (bicyclic) bond motifs is 14. The Morgan fingerprint density at radius 2 is 1.50 bits per heavy atom. The first kappa shape index (κ1) is 45.4. The molecule has 58 heavy (non-hydrogen) atoms. The molecule has 5 rings (SSSR count). The summed E-state index contributed by atoms with van der Waals surface area (Å²) in [7, 11) is 1.05. The summed E-state index contributed by atoms with van der Waals surface area (Å²) in [5, 5.41) is 61.2. The minimum atomic E-state index is -2.20. The Morgan fingerprint density at radius 3 is 2.09 bits per heavy atom. The summed E-state index contributed by atoms with van der Waals surface area (Å²) in [6, 6.07) is 0. The molecule has 4 aliphatic rings. The van der Waals surface area contributed by atoms with E-state index in [4.69, 9.17) is 23.7 Å². The molecule has 0 fully saturated rings. The lowest BCUT2D eigenvalue weighted by atomic mass is 9.75. The van der Waals surface area contributed by atoms with Crippen molar-refractivity contribution in [3.05, 3.63) is 69.2 Å². The minimum Gasteiger partial charge on any atom is -0.505 e. The molecule has 16 nitrogen and oxygen atoms in total. The molecule has 0 spiro atoms. The number of methoxy groups -OCH3 is 1. The maximum absolute atomic E-state index is 14.0. The summed E-state index contributed by atoms with van der Waals surface area (Å²) in [6.45, 7) is 13.5. The molecular formula is C42H53NO15. The van der Waals surface area contributed by atoms with Gasteiger partial charge in [-0.25, -0.2) is 0 Å². The van der Waals surface area contributed by atoms with Gasteiger partial charge in [0.2, 0.25) is 6.79 Å². The molecule has 3 heterocycles. The van der Waals surface area contributed by atoms with Gasteiger partial charge in [-0.2, -0.15) is 0 Å². The van der Waals surface area contributed by atoms with Crippen molar-refractivity contribution >= 4 is 40.9 Å². The predicted octanol–water partition coefficient (Wildman–Crippen LogP) is 3.68. The number of ether oxygens (including phenoxy) is 5. The highest BCUT2D eigenvalue weighted by atomic mass is 16.7. The number of nitrogens with one attached hydrogen (secondary N) is 1. The number of esters is 3. The molecule has 1 amide bonds. The third kappa shape index (κ3) is 8.74. The third-order valence-electron chi connectivity index (χ3n) is 10.9. The van der Waals surface area contributed by atoms with Crippen LogP contribution in [0.4, 0.5) is 5.69 Å². The van der Waals surface area contributed by atoms with Gasteiger partial charge in [-0.1, -0.05) is 39.0 Å². The number of ketones is 1. The van der Waals surface area contributed by atoms with E-state index >= 15 is 0 Å². The van der Waals surface area contributed by atoms with Crippen LogP contribution in [-0.2, 0) is 38.1 Å². The SMILES string of the molecule is COC(=O)[C@@H]1[C@H](O)[C@H](C)[C@H](OC(C)=O)[C@@H](C)/C=C\C=C(/C)C(=O)Nc2c(C)c(OC(C)=O)c3c(c2O)C(=O)C(C)=C2OCOC(=C23)/C(C)=C/[C@@](C)(O)[C@H](O)[C@@H](C)[C@H]1O. The average Bonchev–Trinajstić information content (AvgIpc) is 3.16. The van der Waals surface area contributed by atoms with Gasteiger partial charge >= 0.3 is 17.9 Å². The summed E-state index contributed by atoms with van der Waals surface area (Å²) < 4.78 is 28.0. The second-order valence-electron chi connectivity index (χ2n) is 15.3. The number of aliphatic hydroxyl groups is 4. The zero-order valence-electron chi connectivity index (χ0n) is 34.5. The average molecular weight is 812 g/mol. The fourth-order valence-electron chi connectivity index (χ4n) is 7.67. The van der Waals surface area contributed by atoms with Crippen molar-refractivity contribution in [3.8, 4) is 11.5 Å². The zero-order valence-corrected chi connectivity index (χ0v) is 34.5. The Hall–Kier alpha value is -5.29. The Kier molecular flexibility index (Phi) is 13.8. The van der Waals surface area contributed by atoms with E-state index in [0.717, 1.165) is 21.0 Å². The lowest BCUT2D eigenvalue weighted by Crippen LogP contribution is -2.53. The second kappa shape index (κ2) is 17.7. The number of carbonyl (C=O) groups excluding carboxylic acids is 5. The summed E-state index contributed by atoms with van der Waals surface area (Å²) in [4.78, 5) is 65.7. The van der Waals surface area contributed by atoms with Gasteiger partial charge in [0.05, 0.1) is 42.2 Å². The number of amides is 1. The van der Waals surface area contributed by atoms with Gasteiger partial charge in [0, 0.05) is 53.9 Å². The van der Waals surface area contributed by atoms with Crippen molar-refractivity contribution in [1.82, 2.24) is 0 Å². The quantitative estimate of drug-likeness (QED) is 0.145. The number of benzene rings is 1. The Bertz CT molecular complexity index is 2040. The van der Waals surface area contributed by atoms with Crippen molar-refractivity contribution in [3.63, 3.8) is 0 Å². The van der Waals surface area contributed by atoms with Gasteiger partial charge in [-0.15, -0.1) is 0 Å². The van der Waals surface area contributed by atoms with Crippen LogP contribution in [0.25, 0.3) is 5.57 Å². The number of allylic oxidation sites excluding steroid dienone is 5. The van der Waals surface area contributed by atoms with E-state index in [2.05, 4.69) is 5.32 Å². The lowest BCUT2D eigenvalue weighted by molar-refractivity contribution is -0.171. The molecule has 9 atom stereocenters. The molecule has 6 N–H and O–H groups in total. The van der Waals surface area contributed by atoms with Crippen molar-refractivity contribution < 1.29 is 73.2 Å². The molecular weight excluding hydrogens is 758 g/mol. The Balaban J connectivity index is 2.08. The van der Waals surface area contributed by atoms with Crippen LogP contribution >= 0.6 is 0 Å². The van der Waals surface area contributed by atoms with Crippen molar-refractivity contribution in [1.29, 1.82) is 0 Å². The maximum atomic E-state index is 14.0. The molecule has 16 heteroatoms. The molecule has 1 aliphatic carbocycles. The molecule has 1 aromatic carbocycles. The molecule has 1 aromatic rings. The monoisotopic (exact) mass is 811 g/mol. The zero-order chi connectivity index (χ0) is 43.7. The van der Waals surface area contributed by atoms with E-state index in [1.165, 1.54) is 66.7 Å². The summed E-state index contributed by atoms with van der Waals surface area (Å²) in [5.41, 5.74) is -2.47. The minimum absolute atomic E-state index is 0.00899. The van der Waals surface area contributed by atoms with Crippen LogP contribution in [-0.4, -0.2) is 99.1 Å². The number of aliphatic hydroxyl groups excluding tert-OH is 3. The second-order valence-corrected chi connectivity index (χ2v) is 15.3. The van der Waals surface area contributed by atoms with Crippen LogP contribution in [0.1, 0.15) is 83.8 Å². The van der Waals surface area contributed by atoms with Crippen molar-refractivity contribution in [2.75, 3.05) is 19.2 Å². The van der Waals surface area contributed by atoms with Crippen molar-refractivity contribution in [2.24, 2.45) is 23.7 Å². The van der Waals surface area contributed by atoms with E-state index in [1.807, 2.05) is 0 Å². The molecule has 4 bridgehead atoms. The molecule has 3 aliphatic heterocycles. The number of rotatable bonds is 3. The van der Waals surface area contributed by atoms with E-state index < -0.39 is 95.8 Å². The topological polar surface area (TPSA) is 245 Å². The Morgan fingerprint density at radius 1 is 0.897 bits per heavy atom. The highest BCUT2D eigenvalue weighted by Gasteiger charge is 2.48. The highest BCUT2D eigenvalue weighted by Crippen LogP contribution is 2.53. The standard InChI is InChI=1S/C42H53NO15/c1-17-13-12-14-18(2)40(51)43-30-20(4)38(58-25(9)45)26-27(34(30)49)31(46)22(6)37-28(26)36(55-16-56-37)19(3)15-42(10,53)39(50)23(7)33(48)29(41(52)54-11)32(47)21(5)35(17)57-24(8)44/h12-15,17,21,23,29,32-33,35,39,47-50,53H,16H2,1-11H3,(H,43,51)/b13-12-,18-14+,19-15+/t17-,21-,23-,29+,32+,33+,35+,39+,42+/m0/s1. The fourth-order valence-corrected chi connectivity index (χ4v) is 7.67. The summed E-state index contributed by atoms with van der Waals surface area (Å²) in [6.07, 6.45) is -0.755. The normalized spacial score (nSPS) is 32.1. The molecule has 0 unspecified atom stereocenters. The van der Waals surface area contributed by atoms with Crippen LogP contribution in [0.5, 0.6) is 11.5 Å². The first-order valence-electron chi connectivity index (χ1n) is 18.7. The van der Waals surface area contributed by atoms with E-state index in [0.29, 0.717) is 0 Å². The maximum Gasteiger partial charge on any atom is 0.313 e. The number of phenols is 1. The predicted molar refractivity (Wildman–Crippen MR) is 208 cm³/mol. The number of phenolic OH excluding ortho intramolecular Hbond substituents is 1. The molecule has 0 saturated heterocycles. The van der Waals surface area contributed by atoms with Gasteiger partial charge in [-0.05, 0) is 46.3 Å². The van der Waals surface area contributed by atoms with Crippen LogP contribution in [0.3, 0.4) is 0 Å². The van der Waals surface area contributed by atoms with Crippen LogP contribution < -0.4 is 10.1 Å². The summed E-state index contributed by atoms with van der Waals surface area (Å²) >= 11 is 0. The van der Waals surface area contributed by atoms with Crippen LogP contribution in [0, 0.1) is 30.6 Å². The first-order valence-corrected chi connectivity index (χ1v) is 18.7. The molecule has 0 radical (unpaired) electrons. The molecule has 0 saturated carbocycles. The number of hydrogen-bond donors (Lipinski definition) is 6. The first-order chi connectivity index (χ1) is 27.0. The number of anilines is 1. The highest BCUT2D eigenvalue weighted by molar-refractivity contribution is 6.21. The van der Waals surface area contributed by atoms with Crippen LogP contribution in [0.2, 0.25) is 0 Å². The van der Waals surface area contributed by atoms with E-state index in [-0.39, 0.29) is 61.9 Å². The third-order valence-corrected chi connectivity index (χ3v) is 10.9. The number of hydrogen-bond acceptors (Lipinski definition) is 15. The largest absolute Gasteiger partial charge is 0.505 e. The van der Waals surface area contributed by atoms with Gasteiger partial charge in [0.25, 0.3) is 5.91 Å². The lowest BCUT2D eigenvalue weighted by Gasteiger charge is -2.39.